The van der Waals surface area contributed by atoms with Crippen LogP contribution in [0.3, 0.4) is 0 Å². The average Bonchev–Trinajstić information content (AvgIpc) is 3.27. The van der Waals surface area contributed by atoms with Crippen molar-refractivity contribution in [1.82, 2.24) is 14.8 Å². The molecule has 2 aliphatic rings. The number of fused-ring (bicyclic) bond motifs is 3. The molecule has 164 valence electrons. The molecule has 5 nitrogen and oxygen atoms in total. The monoisotopic (exact) mass is 494 g/mol. The van der Waals surface area contributed by atoms with Crippen LogP contribution in [0.15, 0.2) is 72.6 Å². The summed E-state index contributed by atoms with van der Waals surface area (Å²) in [6.45, 7) is 2.07. The number of aromatic nitrogens is 3. The normalized spacial score (nSPS) is 18.7. The Hall–Kier alpha value is -2.99. The van der Waals surface area contributed by atoms with Gasteiger partial charge < -0.3 is 10.1 Å². The van der Waals surface area contributed by atoms with Gasteiger partial charge in [-0.2, -0.15) is 10.1 Å². The van der Waals surface area contributed by atoms with E-state index in [1.807, 2.05) is 35.0 Å². The number of hydrogen-bond acceptors (Lipinski definition) is 4. The van der Waals surface area contributed by atoms with Crippen LogP contribution in [0.4, 0.5) is 5.95 Å². The number of hydrogen-bond donors (Lipinski definition) is 1. The number of ether oxygens (including phenoxy) is 1. The number of halogens is 3. The molecule has 2 aliphatic heterocycles. The Morgan fingerprint density at radius 1 is 0.939 bits per heavy atom. The zero-order valence-electron chi connectivity index (χ0n) is 17.4. The number of rotatable bonds is 2. The summed E-state index contributed by atoms with van der Waals surface area (Å²) in [5, 5.41) is 9.72. The second-order valence-electron chi connectivity index (χ2n) is 8.10. The maximum Gasteiger partial charge on any atom is 0.226 e. The Morgan fingerprint density at radius 2 is 1.70 bits per heavy atom. The van der Waals surface area contributed by atoms with E-state index in [0.29, 0.717) is 26.8 Å². The van der Waals surface area contributed by atoms with Gasteiger partial charge in [0, 0.05) is 31.8 Å². The van der Waals surface area contributed by atoms with Crippen molar-refractivity contribution in [3.05, 3.63) is 110 Å². The first-order valence-electron chi connectivity index (χ1n) is 10.4. The van der Waals surface area contributed by atoms with Crippen LogP contribution >= 0.6 is 34.8 Å². The molecule has 4 aromatic rings. The lowest BCUT2D eigenvalue weighted by Crippen LogP contribution is -2.32. The predicted octanol–water partition coefficient (Wildman–Crippen LogP) is 7.11. The topological polar surface area (TPSA) is 52.0 Å². The third kappa shape index (κ3) is 3.39. The maximum absolute atomic E-state index is 6.68. The largest absolute Gasteiger partial charge is 0.480 e. The fourth-order valence-electron chi connectivity index (χ4n) is 4.48. The maximum atomic E-state index is 6.68. The van der Waals surface area contributed by atoms with Crippen LogP contribution in [0.5, 0.6) is 5.75 Å². The molecule has 0 amide bonds. The molecule has 0 fully saturated rings. The van der Waals surface area contributed by atoms with E-state index in [2.05, 4.69) is 46.6 Å². The van der Waals surface area contributed by atoms with Gasteiger partial charge in [-0.05, 0) is 42.8 Å². The lowest BCUT2D eigenvalue weighted by molar-refractivity contribution is 0.223. The van der Waals surface area contributed by atoms with Crippen molar-refractivity contribution in [1.29, 1.82) is 0 Å². The molecule has 0 spiro atoms. The molecule has 0 unspecified atom stereocenters. The molecule has 8 heteroatoms. The van der Waals surface area contributed by atoms with Crippen molar-refractivity contribution in [2.45, 2.75) is 19.1 Å². The molecule has 33 heavy (non-hydrogen) atoms. The van der Waals surface area contributed by atoms with Gasteiger partial charge in [0.2, 0.25) is 5.95 Å². The quantitative estimate of drug-likeness (QED) is 0.322. The van der Waals surface area contributed by atoms with Gasteiger partial charge in [0.15, 0.2) is 6.10 Å². The zero-order chi connectivity index (χ0) is 22.7. The van der Waals surface area contributed by atoms with Gasteiger partial charge in [-0.25, -0.2) is 4.68 Å². The highest BCUT2D eigenvalue weighted by Crippen LogP contribution is 2.52. The number of nitrogens with one attached hydrogen (secondary N) is 1. The highest BCUT2D eigenvalue weighted by atomic mass is 35.5. The van der Waals surface area contributed by atoms with E-state index in [1.165, 1.54) is 5.56 Å². The predicted molar refractivity (Wildman–Crippen MR) is 131 cm³/mol. The van der Waals surface area contributed by atoms with E-state index < -0.39 is 6.10 Å². The van der Waals surface area contributed by atoms with Crippen LogP contribution < -0.4 is 10.1 Å². The van der Waals surface area contributed by atoms with Crippen LogP contribution in [-0.4, -0.2) is 14.8 Å². The molecule has 3 heterocycles. The van der Waals surface area contributed by atoms with Gasteiger partial charge in [0.25, 0.3) is 0 Å². The van der Waals surface area contributed by atoms with E-state index in [0.717, 1.165) is 28.0 Å². The minimum Gasteiger partial charge on any atom is -0.480 e. The number of benzene rings is 3. The highest BCUT2D eigenvalue weighted by Gasteiger charge is 2.41. The van der Waals surface area contributed by atoms with Crippen molar-refractivity contribution in [3.8, 4) is 5.75 Å². The molecule has 0 radical (unpaired) electrons. The van der Waals surface area contributed by atoms with Gasteiger partial charge in [0.05, 0.1) is 5.70 Å². The molecule has 6 rings (SSSR count). The van der Waals surface area contributed by atoms with Crippen molar-refractivity contribution in [2.75, 3.05) is 5.32 Å². The molecule has 1 N–H and O–H groups in total. The highest BCUT2D eigenvalue weighted by molar-refractivity contribution is 6.35. The Kier molecular flexibility index (Phi) is 4.87. The minimum atomic E-state index is -0.477. The van der Waals surface area contributed by atoms with E-state index in [4.69, 9.17) is 39.5 Å². The van der Waals surface area contributed by atoms with Crippen LogP contribution in [0.1, 0.15) is 34.4 Å². The van der Waals surface area contributed by atoms with E-state index >= 15 is 0 Å². The first kappa shape index (κ1) is 20.6. The third-order valence-corrected chi connectivity index (χ3v) is 6.81. The van der Waals surface area contributed by atoms with E-state index in [9.17, 15) is 0 Å². The van der Waals surface area contributed by atoms with Crippen molar-refractivity contribution < 1.29 is 4.74 Å². The second kappa shape index (κ2) is 7.80. The lowest BCUT2D eigenvalue weighted by Gasteiger charge is -2.39. The Bertz CT molecular complexity index is 1430. The fourth-order valence-corrected chi connectivity index (χ4v) is 5.16. The molecule has 0 bridgehead atoms. The molecule has 0 saturated heterocycles. The van der Waals surface area contributed by atoms with Crippen LogP contribution in [0.25, 0.3) is 5.70 Å². The van der Waals surface area contributed by atoms with Gasteiger partial charge in [-0.3, -0.25) is 0 Å². The van der Waals surface area contributed by atoms with Gasteiger partial charge >= 0.3 is 0 Å². The summed E-state index contributed by atoms with van der Waals surface area (Å²) in [4.78, 5) is 4.45. The molecule has 0 saturated carbocycles. The molecule has 0 aliphatic carbocycles. The Balaban J connectivity index is 1.65. The lowest BCUT2D eigenvalue weighted by atomic mass is 9.84. The van der Waals surface area contributed by atoms with Crippen LogP contribution in [0, 0.1) is 6.92 Å². The first-order chi connectivity index (χ1) is 16.0. The number of aryl methyl sites for hydroxylation is 1. The van der Waals surface area contributed by atoms with Crippen molar-refractivity contribution in [3.63, 3.8) is 0 Å². The summed E-state index contributed by atoms with van der Waals surface area (Å²) >= 11 is 19.3. The molecule has 3 aromatic carbocycles. The van der Waals surface area contributed by atoms with E-state index in [-0.39, 0.29) is 6.04 Å². The molecular weight excluding hydrogens is 479 g/mol. The van der Waals surface area contributed by atoms with Gasteiger partial charge in [0.1, 0.15) is 18.1 Å². The molecule has 2 atom stereocenters. The molecule has 1 aromatic heterocycles. The summed E-state index contributed by atoms with van der Waals surface area (Å²) in [6, 6.07) is 19.2. The van der Waals surface area contributed by atoms with E-state index in [1.54, 1.807) is 12.4 Å². The smallest absolute Gasteiger partial charge is 0.226 e. The fraction of sp³-hybridized carbons (Fsp3) is 0.120. The standard InChI is InChI=1S/C25H17Cl3N4O/c1-13-2-4-14(5-3-13)23-21-22(31-25-29-12-30-32(23)25)18-10-15(26)7-9-20(18)33-24(21)17-8-6-16(27)11-19(17)28/h2-12,23-24H,1H3,(H,29,30,31)/t23-,24+/m1/s1. The second-order valence-corrected chi connectivity index (χ2v) is 9.38. The van der Waals surface area contributed by atoms with Crippen molar-refractivity contribution >= 4 is 46.4 Å². The zero-order valence-corrected chi connectivity index (χ0v) is 19.7. The van der Waals surface area contributed by atoms with Gasteiger partial charge in [-0.1, -0.05) is 70.7 Å². The summed E-state index contributed by atoms with van der Waals surface area (Å²) in [7, 11) is 0. The summed E-state index contributed by atoms with van der Waals surface area (Å²) in [5.74, 6) is 1.35. The Morgan fingerprint density at radius 3 is 2.48 bits per heavy atom. The SMILES string of the molecule is Cc1ccc([C@@H]2C3=C(Nc4ncnn42)c2cc(Cl)ccc2O[C@H]3c2ccc(Cl)cc2Cl)cc1. The van der Waals surface area contributed by atoms with Gasteiger partial charge in [-0.15, -0.1) is 0 Å². The minimum absolute atomic E-state index is 0.261. The number of nitrogens with zero attached hydrogens (tertiary/aromatic N) is 3. The number of anilines is 1. The van der Waals surface area contributed by atoms with Crippen molar-refractivity contribution in [2.24, 2.45) is 0 Å². The summed E-state index contributed by atoms with van der Waals surface area (Å²) < 4.78 is 8.46. The van der Waals surface area contributed by atoms with Crippen LogP contribution in [-0.2, 0) is 0 Å². The van der Waals surface area contributed by atoms with Crippen LogP contribution in [0.2, 0.25) is 15.1 Å². The average molecular weight is 496 g/mol. The third-order valence-electron chi connectivity index (χ3n) is 6.01. The summed E-state index contributed by atoms with van der Waals surface area (Å²) in [5.41, 5.74) is 5.78. The first-order valence-corrected chi connectivity index (χ1v) is 11.5. The molecular formula is C25H17Cl3N4O. The summed E-state index contributed by atoms with van der Waals surface area (Å²) in [6.07, 6.45) is 1.07. The Labute approximate surface area is 205 Å².